The zero-order valence-electron chi connectivity index (χ0n) is 9.27. The molecule has 0 bridgehead atoms. The summed E-state index contributed by atoms with van der Waals surface area (Å²) < 4.78 is 0. The summed E-state index contributed by atoms with van der Waals surface area (Å²) in [6.07, 6.45) is 1.96. The van der Waals surface area contributed by atoms with Gasteiger partial charge in [0.2, 0.25) is 0 Å². The van der Waals surface area contributed by atoms with Crippen molar-refractivity contribution in [1.82, 2.24) is 0 Å². The molecule has 1 aromatic heterocycles. The minimum atomic E-state index is 0.154. The van der Waals surface area contributed by atoms with Gasteiger partial charge in [-0.25, -0.2) is 0 Å². The van der Waals surface area contributed by atoms with Crippen LogP contribution in [0.3, 0.4) is 0 Å². The molecule has 0 aliphatic heterocycles. The van der Waals surface area contributed by atoms with Crippen LogP contribution in [0.25, 0.3) is 0 Å². The van der Waals surface area contributed by atoms with Crippen molar-refractivity contribution >= 4 is 17.1 Å². The lowest BCUT2D eigenvalue weighted by molar-refractivity contribution is 0.101. The Bertz CT molecular complexity index is 471. The zero-order chi connectivity index (χ0) is 11.4. The van der Waals surface area contributed by atoms with Crippen LogP contribution in [-0.4, -0.2) is 5.78 Å². The van der Waals surface area contributed by atoms with Crippen LogP contribution in [0.2, 0.25) is 0 Å². The molecule has 1 nitrogen and oxygen atoms in total. The SMILES string of the molecule is CC(=O)c1ccccc1CCc1cccs1. The first-order valence-corrected chi connectivity index (χ1v) is 6.26. The lowest BCUT2D eigenvalue weighted by Gasteiger charge is -2.05. The van der Waals surface area contributed by atoms with E-state index in [4.69, 9.17) is 0 Å². The van der Waals surface area contributed by atoms with Crippen LogP contribution in [0.15, 0.2) is 41.8 Å². The van der Waals surface area contributed by atoms with E-state index in [2.05, 4.69) is 17.5 Å². The minimum Gasteiger partial charge on any atom is -0.295 e. The largest absolute Gasteiger partial charge is 0.295 e. The predicted molar refractivity (Wildman–Crippen MR) is 68.2 cm³/mol. The van der Waals surface area contributed by atoms with Crippen molar-refractivity contribution in [1.29, 1.82) is 0 Å². The third-order valence-corrected chi connectivity index (χ3v) is 3.55. The second-order valence-electron chi connectivity index (χ2n) is 3.79. The van der Waals surface area contributed by atoms with Gasteiger partial charge in [-0.05, 0) is 36.8 Å². The molecule has 0 spiro atoms. The molecular formula is C14H14OS. The molecule has 2 aromatic rings. The van der Waals surface area contributed by atoms with Gasteiger partial charge in [0.25, 0.3) is 0 Å². The van der Waals surface area contributed by atoms with Crippen LogP contribution in [0.1, 0.15) is 27.7 Å². The average molecular weight is 230 g/mol. The Hall–Kier alpha value is -1.41. The average Bonchev–Trinajstić information content (AvgIpc) is 2.79. The van der Waals surface area contributed by atoms with Gasteiger partial charge < -0.3 is 0 Å². The number of thiophene rings is 1. The maximum Gasteiger partial charge on any atom is 0.160 e. The van der Waals surface area contributed by atoms with Crippen LogP contribution >= 0.6 is 11.3 Å². The number of ketones is 1. The number of Topliss-reactive ketones (excluding diaryl/α,β-unsaturated/α-hetero) is 1. The third-order valence-electron chi connectivity index (χ3n) is 2.62. The molecule has 1 heterocycles. The van der Waals surface area contributed by atoms with Crippen molar-refractivity contribution in [2.45, 2.75) is 19.8 Å². The van der Waals surface area contributed by atoms with Gasteiger partial charge in [0.1, 0.15) is 0 Å². The zero-order valence-corrected chi connectivity index (χ0v) is 10.1. The topological polar surface area (TPSA) is 17.1 Å². The van der Waals surface area contributed by atoms with Gasteiger partial charge >= 0.3 is 0 Å². The monoisotopic (exact) mass is 230 g/mol. The van der Waals surface area contributed by atoms with Gasteiger partial charge in [0.05, 0.1) is 0 Å². The van der Waals surface area contributed by atoms with E-state index in [0.717, 1.165) is 24.0 Å². The van der Waals surface area contributed by atoms with E-state index in [-0.39, 0.29) is 5.78 Å². The van der Waals surface area contributed by atoms with Crippen molar-refractivity contribution in [3.05, 3.63) is 57.8 Å². The summed E-state index contributed by atoms with van der Waals surface area (Å²) in [7, 11) is 0. The fourth-order valence-electron chi connectivity index (χ4n) is 1.79. The number of carbonyl (C=O) groups excluding carboxylic acids is 1. The van der Waals surface area contributed by atoms with E-state index in [9.17, 15) is 4.79 Å². The number of hydrogen-bond donors (Lipinski definition) is 0. The van der Waals surface area contributed by atoms with Gasteiger partial charge in [0.15, 0.2) is 5.78 Å². The second-order valence-corrected chi connectivity index (χ2v) is 4.82. The van der Waals surface area contributed by atoms with Crippen molar-refractivity contribution in [3.63, 3.8) is 0 Å². The van der Waals surface area contributed by atoms with Gasteiger partial charge in [-0.15, -0.1) is 11.3 Å². The molecule has 0 radical (unpaired) electrons. The molecule has 0 N–H and O–H groups in total. The van der Waals surface area contributed by atoms with E-state index >= 15 is 0 Å². The molecule has 16 heavy (non-hydrogen) atoms. The fourth-order valence-corrected chi connectivity index (χ4v) is 2.50. The molecule has 0 unspecified atom stereocenters. The maximum atomic E-state index is 11.4. The summed E-state index contributed by atoms with van der Waals surface area (Å²) in [6.45, 7) is 1.63. The number of benzene rings is 1. The van der Waals surface area contributed by atoms with Crippen LogP contribution in [-0.2, 0) is 12.8 Å². The number of rotatable bonds is 4. The molecule has 0 aliphatic rings. The van der Waals surface area contributed by atoms with Gasteiger partial charge in [0, 0.05) is 10.4 Å². The van der Waals surface area contributed by atoms with E-state index in [1.807, 2.05) is 24.3 Å². The molecule has 1 aromatic carbocycles. The predicted octanol–water partition coefficient (Wildman–Crippen LogP) is 3.74. The summed E-state index contributed by atoms with van der Waals surface area (Å²) in [4.78, 5) is 12.8. The molecule has 2 heteroatoms. The highest BCUT2D eigenvalue weighted by molar-refractivity contribution is 7.09. The fraction of sp³-hybridized carbons (Fsp3) is 0.214. The van der Waals surface area contributed by atoms with E-state index in [1.54, 1.807) is 18.3 Å². The Morgan fingerprint density at radius 1 is 1.12 bits per heavy atom. The standard InChI is InChI=1S/C14H14OS/c1-11(15)14-7-3-2-5-12(14)8-9-13-6-4-10-16-13/h2-7,10H,8-9H2,1H3. The summed E-state index contributed by atoms with van der Waals surface area (Å²) in [5.74, 6) is 0.154. The lowest BCUT2D eigenvalue weighted by atomic mass is 10.00. The molecule has 0 saturated carbocycles. The third kappa shape index (κ3) is 2.58. The minimum absolute atomic E-state index is 0.154. The van der Waals surface area contributed by atoms with Crippen molar-refractivity contribution in [3.8, 4) is 0 Å². The van der Waals surface area contributed by atoms with Crippen molar-refractivity contribution in [2.75, 3.05) is 0 Å². The quantitative estimate of drug-likeness (QED) is 0.731. The van der Waals surface area contributed by atoms with Crippen LogP contribution in [0, 0.1) is 0 Å². The first kappa shape index (κ1) is 11.1. The van der Waals surface area contributed by atoms with Crippen molar-refractivity contribution < 1.29 is 4.79 Å². The Morgan fingerprint density at radius 3 is 2.62 bits per heavy atom. The van der Waals surface area contributed by atoms with Crippen LogP contribution in [0.4, 0.5) is 0 Å². The molecule has 0 atom stereocenters. The highest BCUT2D eigenvalue weighted by Crippen LogP contribution is 2.15. The van der Waals surface area contributed by atoms with Crippen molar-refractivity contribution in [2.24, 2.45) is 0 Å². The molecule has 0 saturated heterocycles. The molecule has 82 valence electrons. The molecule has 0 amide bonds. The van der Waals surface area contributed by atoms with Gasteiger partial charge in [-0.1, -0.05) is 30.3 Å². The Labute approximate surface area is 99.8 Å². The molecule has 0 fully saturated rings. The smallest absolute Gasteiger partial charge is 0.160 e. The molecule has 0 aliphatic carbocycles. The van der Waals surface area contributed by atoms with E-state index in [0.29, 0.717) is 0 Å². The number of carbonyl (C=O) groups is 1. The summed E-state index contributed by atoms with van der Waals surface area (Å²) in [6, 6.07) is 12.1. The normalized spacial score (nSPS) is 10.3. The summed E-state index contributed by atoms with van der Waals surface area (Å²) in [5.41, 5.74) is 2.02. The van der Waals surface area contributed by atoms with Crippen LogP contribution in [0.5, 0.6) is 0 Å². The number of aryl methyl sites for hydroxylation is 2. The first-order valence-electron chi connectivity index (χ1n) is 5.38. The first-order chi connectivity index (χ1) is 7.77. The summed E-state index contributed by atoms with van der Waals surface area (Å²) >= 11 is 1.77. The lowest BCUT2D eigenvalue weighted by Crippen LogP contribution is -2.00. The van der Waals surface area contributed by atoms with E-state index < -0.39 is 0 Å². The Morgan fingerprint density at radius 2 is 1.94 bits per heavy atom. The Kier molecular flexibility index (Phi) is 3.52. The highest BCUT2D eigenvalue weighted by atomic mass is 32.1. The highest BCUT2D eigenvalue weighted by Gasteiger charge is 2.06. The van der Waals surface area contributed by atoms with Gasteiger partial charge in [-0.3, -0.25) is 4.79 Å². The van der Waals surface area contributed by atoms with Gasteiger partial charge in [-0.2, -0.15) is 0 Å². The Balaban J connectivity index is 2.12. The maximum absolute atomic E-state index is 11.4. The second kappa shape index (κ2) is 5.08. The molecular weight excluding hydrogens is 216 g/mol. The van der Waals surface area contributed by atoms with E-state index in [1.165, 1.54) is 4.88 Å². The van der Waals surface area contributed by atoms with Crippen LogP contribution < -0.4 is 0 Å². The summed E-state index contributed by atoms with van der Waals surface area (Å²) in [5, 5.41) is 2.09. The molecule has 2 rings (SSSR count). The number of hydrogen-bond acceptors (Lipinski definition) is 2.